The van der Waals surface area contributed by atoms with Crippen LogP contribution in [0.3, 0.4) is 0 Å². The highest BCUT2D eigenvalue weighted by molar-refractivity contribution is 5.93. The number of ketones is 1. The van der Waals surface area contributed by atoms with Crippen molar-refractivity contribution in [3.05, 3.63) is 59.8 Å². The minimum absolute atomic E-state index is 0.0629. The third kappa shape index (κ3) is 4.37. The van der Waals surface area contributed by atoms with Crippen molar-refractivity contribution in [3.63, 3.8) is 0 Å². The Kier molecular flexibility index (Phi) is 5.50. The van der Waals surface area contributed by atoms with Crippen LogP contribution in [0.2, 0.25) is 0 Å². The molecule has 27 heavy (non-hydrogen) atoms. The van der Waals surface area contributed by atoms with Crippen LogP contribution in [0.1, 0.15) is 35.7 Å². The van der Waals surface area contributed by atoms with Gasteiger partial charge in [0.2, 0.25) is 0 Å². The number of carbonyl (C=O) groups is 1. The van der Waals surface area contributed by atoms with Gasteiger partial charge in [0.15, 0.2) is 5.78 Å². The van der Waals surface area contributed by atoms with Crippen LogP contribution in [0.25, 0.3) is 0 Å². The Morgan fingerprint density at radius 1 is 1.07 bits per heavy atom. The summed E-state index contributed by atoms with van der Waals surface area (Å²) in [4.78, 5) is 20.7. The van der Waals surface area contributed by atoms with E-state index in [0.29, 0.717) is 24.3 Å². The Labute approximate surface area is 161 Å². The monoisotopic (exact) mass is 365 g/mol. The topological polar surface area (TPSA) is 45.7 Å². The van der Waals surface area contributed by atoms with Crippen LogP contribution in [-0.2, 0) is 11.3 Å². The Balaban J connectivity index is 1.19. The van der Waals surface area contributed by atoms with Crippen LogP contribution in [0.4, 0.5) is 5.82 Å². The first-order chi connectivity index (χ1) is 13.2. The van der Waals surface area contributed by atoms with Crippen molar-refractivity contribution < 1.29 is 9.53 Å². The quantitative estimate of drug-likeness (QED) is 0.736. The summed E-state index contributed by atoms with van der Waals surface area (Å²) in [6.07, 6.45) is 4.36. The number of aromatic nitrogens is 1. The maximum atomic E-state index is 11.4. The number of Topliss-reactive ketones (excluding diaryl/α,β-unsaturated/α-hetero) is 1. The molecule has 4 rings (SSSR count). The minimum atomic E-state index is 0.0629. The van der Waals surface area contributed by atoms with Crippen LogP contribution < -0.4 is 4.90 Å². The molecule has 2 aromatic rings. The van der Waals surface area contributed by atoms with Crippen LogP contribution in [0.5, 0.6) is 0 Å². The van der Waals surface area contributed by atoms with E-state index in [4.69, 9.17) is 4.74 Å². The number of rotatable bonds is 6. The predicted octanol–water partition coefficient (Wildman–Crippen LogP) is 3.15. The van der Waals surface area contributed by atoms with Gasteiger partial charge in [0.05, 0.1) is 12.7 Å². The number of piperazine rings is 1. The lowest BCUT2D eigenvalue weighted by atomic mass is 9.87. The van der Waals surface area contributed by atoms with Crippen molar-refractivity contribution in [2.75, 3.05) is 31.1 Å². The number of hydrogen-bond acceptors (Lipinski definition) is 5. The SMILES string of the molecule is CC(=O)c1ccc(N2CCN(C3CC(OCc4ccccc4)C3)CC2)nc1. The summed E-state index contributed by atoms with van der Waals surface area (Å²) >= 11 is 0. The van der Waals surface area contributed by atoms with Crippen LogP contribution in [0, 0.1) is 0 Å². The van der Waals surface area contributed by atoms with Gasteiger partial charge in [0.25, 0.3) is 0 Å². The van der Waals surface area contributed by atoms with E-state index in [1.165, 1.54) is 5.56 Å². The Bertz CT molecular complexity index is 749. The molecule has 2 fully saturated rings. The highest BCUT2D eigenvalue weighted by Crippen LogP contribution is 2.30. The molecule has 0 unspecified atom stereocenters. The number of ether oxygens (including phenoxy) is 1. The summed E-state index contributed by atoms with van der Waals surface area (Å²) < 4.78 is 6.03. The van der Waals surface area contributed by atoms with Gasteiger partial charge < -0.3 is 9.64 Å². The van der Waals surface area contributed by atoms with Gasteiger partial charge in [0, 0.05) is 44.0 Å². The maximum Gasteiger partial charge on any atom is 0.161 e. The molecule has 0 amide bonds. The third-order valence-electron chi connectivity index (χ3n) is 5.71. The lowest BCUT2D eigenvalue weighted by Crippen LogP contribution is -2.55. The van der Waals surface area contributed by atoms with Gasteiger partial charge in [-0.3, -0.25) is 9.69 Å². The zero-order valence-electron chi connectivity index (χ0n) is 15.9. The minimum Gasteiger partial charge on any atom is -0.373 e. The highest BCUT2D eigenvalue weighted by atomic mass is 16.5. The van der Waals surface area contributed by atoms with E-state index in [0.717, 1.165) is 44.8 Å². The molecule has 2 heterocycles. The summed E-state index contributed by atoms with van der Waals surface area (Å²) in [7, 11) is 0. The number of benzene rings is 1. The zero-order valence-corrected chi connectivity index (χ0v) is 15.9. The van der Waals surface area contributed by atoms with E-state index in [-0.39, 0.29) is 5.78 Å². The largest absolute Gasteiger partial charge is 0.373 e. The molecule has 5 heteroatoms. The summed E-state index contributed by atoms with van der Waals surface area (Å²) in [6, 6.07) is 14.9. The fourth-order valence-corrected chi connectivity index (χ4v) is 3.86. The number of hydrogen-bond donors (Lipinski definition) is 0. The van der Waals surface area contributed by atoms with Gasteiger partial charge in [-0.1, -0.05) is 30.3 Å². The van der Waals surface area contributed by atoms with Crippen LogP contribution >= 0.6 is 0 Å². The van der Waals surface area contributed by atoms with E-state index in [1.807, 2.05) is 18.2 Å². The molecule has 1 aromatic carbocycles. The Hall–Kier alpha value is -2.24. The highest BCUT2D eigenvalue weighted by Gasteiger charge is 2.35. The molecule has 1 aliphatic heterocycles. The molecule has 142 valence electrons. The van der Waals surface area contributed by atoms with Crippen LogP contribution in [-0.4, -0.2) is 54.0 Å². The molecule has 1 saturated carbocycles. The lowest BCUT2D eigenvalue weighted by Gasteiger charge is -2.46. The van der Waals surface area contributed by atoms with Crippen LogP contribution in [0.15, 0.2) is 48.7 Å². The summed E-state index contributed by atoms with van der Waals surface area (Å²) in [5.41, 5.74) is 1.92. The van der Waals surface area contributed by atoms with E-state index >= 15 is 0 Å². The van der Waals surface area contributed by atoms with Gasteiger partial charge in [-0.05, 0) is 37.5 Å². The standard InChI is InChI=1S/C22H27N3O2/c1-17(26)19-7-8-22(23-15-19)25-11-9-24(10-12-25)20-13-21(14-20)27-16-18-5-3-2-4-6-18/h2-8,15,20-21H,9-14,16H2,1H3. The molecule has 2 aliphatic rings. The fraction of sp³-hybridized carbons (Fsp3) is 0.455. The van der Waals surface area contributed by atoms with Gasteiger partial charge in [-0.15, -0.1) is 0 Å². The smallest absolute Gasteiger partial charge is 0.161 e. The molecule has 0 bridgehead atoms. The number of carbonyl (C=O) groups excluding carboxylic acids is 1. The van der Waals surface area contributed by atoms with E-state index in [1.54, 1.807) is 13.1 Å². The van der Waals surface area contributed by atoms with Crippen molar-refractivity contribution in [2.24, 2.45) is 0 Å². The third-order valence-corrected chi connectivity index (χ3v) is 5.71. The first-order valence-electron chi connectivity index (χ1n) is 9.80. The molecule has 0 N–H and O–H groups in total. The average molecular weight is 365 g/mol. The molecule has 1 aromatic heterocycles. The second kappa shape index (κ2) is 8.19. The number of nitrogens with zero attached hydrogens (tertiary/aromatic N) is 3. The Morgan fingerprint density at radius 2 is 1.81 bits per heavy atom. The molecule has 5 nitrogen and oxygen atoms in total. The van der Waals surface area contributed by atoms with Gasteiger partial charge in [-0.2, -0.15) is 0 Å². The molecular weight excluding hydrogens is 338 g/mol. The van der Waals surface area contributed by atoms with Gasteiger partial charge >= 0.3 is 0 Å². The van der Waals surface area contributed by atoms with E-state index < -0.39 is 0 Å². The van der Waals surface area contributed by atoms with Crippen molar-refractivity contribution in [3.8, 4) is 0 Å². The van der Waals surface area contributed by atoms with Gasteiger partial charge in [0.1, 0.15) is 5.82 Å². The number of pyridine rings is 1. The van der Waals surface area contributed by atoms with Crippen molar-refractivity contribution in [2.45, 2.75) is 38.5 Å². The normalized spacial score (nSPS) is 23.1. The van der Waals surface area contributed by atoms with Crippen molar-refractivity contribution in [1.82, 2.24) is 9.88 Å². The van der Waals surface area contributed by atoms with Crippen molar-refractivity contribution >= 4 is 11.6 Å². The predicted molar refractivity (Wildman–Crippen MR) is 106 cm³/mol. The molecule has 0 atom stereocenters. The second-order valence-electron chi connectivity index (χ2n) is 7.53. The average Bonchev–Trinajstić information content (AvgIpc) is 2.68. The lowest BCUT2D eigenvalue weighted by molar-refractivity contribution is -0.0598. The summed E-state index contributed by atoms with van der Waals surface area (Å²) in [5.74, 6) is 1.03. The Morgan fingerprint density at radius 3 is 2.44 bits per heavy atom. The molecule has 1 saturated heterocycles. The van der Waals surface area contributed by atoms with E-state index in [2.05, 4.69) is 39.0 Å². The molecule has 0 radical (unpaired) electrons. The molecule has 1 aliphatic carbocycles. The summed E-state index contributed by atoms with van der Waals surface area (Å²) in [6.45, 7) is 6.38. The maximum absolute atomic E-state index is 11.4. The number of anilines is 1. The second-order valence-corrected chi connectivity index (χ2v) is 7.53. The van der Waals surface area contributed by atoms with E-state index in [9.17, 15) is 4.79 Å². The first-order valence-corrected chi connectivity index (χ1v) is 9.80. The molecule has 0 spiro atoms. The fourth-order valence-electron chi connectivity index (χ4n) is 3.86. The van der Waals surface area contributed by atoms with Crippen molar-refractivity contribution in [1.29, 1.82) is 0 Å². The zero-order chi connectivity index (χ0) is 18.6. The van der Waals surface area contributed by atoms with Gasteiger partial charge in [-0.25, -0.2) is 4.98 Å². The molecular formula is C22H27N3O2. The summed E-state index contributed by atoms with van der Waals surface area (Å²) in [5, 5.41) is 0. The first kappa shape index (κ1) is 18.1.